The number of carbonyl (C=O) groups excluding carboxylic acids is 1. The first-order valence-electron chi connectivity index (χ1n) is 12.9. The second-order valence-electron chi connectivity index (χ2n) is 8.78. The number of carbonyl (C=O) groups is 1. The highest BCUT2D eigenvalue weighted by molar-refractivity contribution is 5.82. The molecular weight excluding hydrogens is 535 g/mol. The Morgan fingerprint density at radius 3 is 2.38 bits per heavy atom. The monoisotopic (exact) mass is 567 g/mol. The zero-order valence-electron chi connectivity index (χ0n) is 22.5. The fourth-order valence-electron chi connectivity index (χ4n) is 3.56. The Labute approximate surface area is 229 Å². The molecule has 0 N–H and O–H groups in total. The van der Waals surface area contributed by atoms with Crippen LogP contribution in [-0.2, 0) is 25.4 Å². The molecule has 0 spiro atoms. The summed E-state index contributed by atoms with van der Waals surface area (Å²) in [5.41, 5.74) is 0.103. The van der Waals surface area contributed by atoms with Crippen LogP contribution in [0, 0.1) is 5.92 Å². The number of rotatable bonds is 15. The molecule has 0 saturated heterocycles. The molecule has 0 fully saturated rings. The number of benzene rings is 1. The van der Waals surface area contributed by atoms with Crippen molar-refractivity contribution in [3.63, 3.8) is 0 Å². The van der Waals surface area contributed by atoms with E-state index < -0.39 is 12.0 Å². The fraction of sp³-hybridized carbons (Fsp3) is 0.464. The third kappa shape index (κ3) is 9.23. The van der Waals surface area contributed by atoms with Crippen LogP contribution in [0.15, 0.2) is 45.7 Å². The molecule has 0 aliphatic carbocycles. The molecule has 3 rings (SSSR count). The number of esters is 1. The molecule has 0 aliphatic heterocycles. The molecule has 12 heteroatoms. The Morgan fingerprint density at radius 2 is 1.70 bits per heavy atom. The SMILES string of the molecule is CCc1ccc(-c2cc3cc(OCCOCCOCCOC(=O)C(C)CC)ncc3oc2=O)cc1OC(F)(F)F. The van der Waals surface area contributed by atoms with Crippen molar-refractivity contribution in [3.8, 4) is 22.8 Å². The van der Waals surface area contributed by atoms with Gasteiger partial charge in [-0.3, -0.25) is 4.79 Å². The molecule has 40 heavy (non-hydrogen) atoms. The van der Waals surface area contributed by atoms with Gasteiger partial charge in [0.2, 0.25) is 5.88 Å². The summed E-state index contributed by atoms with van der Waals surface area (Å²) in [4.78, 5) is 28.2. The molecule has 1 unspecified atom stereocenters. The molecule has 0 amide bonds. The summed E-state index contributed by atoms with van der Waals surface area (Å²) in [5, 5.41) is 0.473. The summed E-state index contributed by atoms with van der Waals surface area (Å²) >= 11 is 0. The van der Waals surface area contributed by atoms with Crippen LogP contribution in [0.5, 0.6) is 11.6 Å². The van der Waals surface area contributed by atoms with Gasteiger partial charge in [-0.2, -0.15) is 0 Å². The van der Waals surface area contributed by atoms with Crippen molar-refractivity contribution < 1.29 is 46.1 Å². The molecule has 9 nitrogen and oxygen atoms in total. The van der Waals surface area contributed by atoms with Gasteiger partial charge in [0.1, 0.15) is 19.0 Å². The van der Waals surface area contributed by atoms with E-state index in [4.69, 9.17) is 23.4 Å². The Hall–Kier alpha value is -3.64. The van der Waals surface area contributed by atoms with Crippen LogP contribution in [0.3, 0.4) is 0 Å². The number of hydrogen-bond donors (Lipinski definition) is 0. The minimum absolute atomic E-state index is 0.0669. The Bertz CT molecular complexity index is 1330. The summed E-state index contributed by atoms with van der Waals surface area (Å²) in [6, 6.07) is 7.25. The topological polar surface area (TPSA) is 106 Å². The van der Waals surface area contributed by atoms with Gasteiger partial charge in [0.25, 0.3) is 0 Å². The van der Waals surface area contributed by atoms with E-state index in [1.165, 1.54) is 24.4 Å². The largest absolute Gasteiger partial charge is 0.573 e. The maximum absolute atomic E-state index is 12.9. The molecule has 3 aromatic rings. The van der Waals surface area contributed by atoms with Crippen LogP contribution in [0.2, 0.25) is 0 Å². The molecular formula is C28H32F3NO8. The summed E-state index contributed by atoms with van der Waals surface area (Å²) in [7, 11) is 0. The van der Waals surface area contributed by atoms with Crippen LogP contribution in [0.4, 0.5) is 13.2 Å². The molecule has 1 atom stereocenters. The van der Waals surface area contributed by atoms with Crippen molar-refractivity contribution in [2.75, 3.05) is 39.6 Å². The molecule has 2 aromatic heterocycles. The first kappa shape index (κ1) is 30.9. The van der Waals surface area contributed by atoms with Crippen LogP contribution >= 0.6 is 0 Å². The second-order valence-corrected chi connectivity index (χ2v) is 8.78. The van der Waals surface area contributed by atoms with Gasteiger partial charge in [0.15, 0.2) is 5.58 Å². The molecule has 0 bridgehead atoms. The lowest BCUT2D eigenvalue weighted by molar-refractivity contribution is -0.274. The summed E-state index contributed by atoms with van der Waals surface area (Å²) in [6.45, 7) is 6.98. The fourth-order valence-corrected chi connectivity index (χ4v) is 3.56. The molecule has 0 aliphatic rings. The van der Waals surface area contributed by atoms with Gasteiger partial charge in [-0.1, -0.05) is 32.9 Å². The molecule has 2 heterocycles. The van der Waals surface area contributed by atoms with E-state index in [0.29, 0.717) is 30.6 Å². The predicted octanol–water partition coefficient (Wildman–Crippen LogP) is 5.32. The number of fused-ring (bicyclic) bond motifs is 1. The number of alkyl halides is 3. The third-order valence-corrected chi connectivity index (χ3v) is 5.92. The van der Waals surface area contributed by atoms with Crippen LogP contribution in [0.1, 0.15) is 32.8 Å². The van der Waals surface area contributed by atoms with Crippen molar-refractivity contribution >= 4 is 16.9 Å². The summed E-state index contributed by atoms with van der Waals surface area (Å²) in [5.74, 6) is -0.497. The lowest BCUT2D eigenvalue weighted by Crippen LogP contribution is -2.18. The van der Waals surface area contributed by atoms with Crippen molar-refractivity contribution in [2.45, 2.75) is 40.0 Å². The highest BCUT2D eigenvalue weighted by Gasteiger charge is 2.32. The van der Waals surface area contributed by atoms with Gasteiger partial charge >= 0.3 is 18.0 Å². The normalized spacial score (nSPS) is 12.3. The number of hydrogen-bond acceptors (Lipinski definition) is 9. The quantitative estimate of drug-likeness (QED) is 0.178. The van der Waals surface area contributed by atoms with Gasteiger partial charge in [-0.05, 0) is 36.1 Å². The average Bonchev–Trinajstić information content (AvgIpc) is 2.92. The van der Waals surface area contributed by atoms with Crippen molar-refractivity contribution in [3.05, 3.63) is 52.5 Å². The Balaban J connectivity index is 1.52. The van der Waals surface area contributed by atoms with Crippen molar-refractivity contribution in [1.29, 1.82) is 0 Å². The smallest absolute Gasteiger partial charge is 0.475 e. The first-order chi connectivity index (χ1) is 19.1. The number of aryl methyl sites for hydroxylation is 1. The van der Waals surface area contributed by atoms with Crippen LogP contribution < -0.4 is 15.1 Å². The number of halogens is 3. The van der Waals surface area contributed by atoms with E-state index in [2.05, 4.69) is 9.72 Å². The van der Waals surface area contributed by atoms with Crippen LogP contribution in [0.25, 0.3) is 22.1 Å². The van der Waals surface area contributed by atoms with E-state index >= 15 is 0 Å². The molecule has 218 valence electrons. The first-order valence-corrected chi connectivity index (χ1v) is 12.9. The summed E-state index contributed by atoms with van der Waals surface area (Å²) < 4.78 is 69.5. The van der Waals surface area contributed by atoms with E-state index in [0.717, 1.165) is 6.42 Å². The number of pyridine rings is 1. The number of aromatic nitrogens is 1. The average molecular weight is 568 g/mol. The molecule has 0 saturated carbocycles. The van der Waals surface area contributed by atoms with Gasteiger partial charge in [0.05, 0.1) is 44.1 Å². The lowest BCUT2D eigenvalue weighted by atomic mass is 10.0. The van der Waals surface area contributed by atoms with Gasteiger partial charge in [-0.15, -0.1) is 13.2 Å². The number of ether oxygens (including phenoxy) is 5. The van der Waals surface area contributed by atoms with Gasteiger partial charge in [-0.25, -0.2) is 9.78 Å². The maximum atomic E-state index is 12.9. The lowest BCUT2D eigenvalue weighted by Gasteiger charge is -2.14. The van der Waals surface area contributed by atoms with Crippen molar-refractivity contribution in [2.24, 2.45) is 5.92 Å². The van der Waals surface area contributed by atoms with Gasteiger partial charge in [0, 0.05) is 11.5 Å². The van der Waals surface area contributed by atoms with Gasteiger partial charge < -0.3 is 28.1 Å². The standard InChI is InChI=1S/C28H32F3NO8/c1-4-18(3)26(33)38-13-11-36-9-8-35-10-12-37-25-16-21-14-22(27(34)39-24(21)17-32-25)20-7-6-19(5-2)23(15-20)40-28(29,30)31/h6-7,14-18H,4-5,8-13H2,1-3H3. The van der Waals surface area contributed by atoms with E-state index in [1.807, 2.05) is 13.8 Å². The van der Waals surface area contributed by atoms with E-state index in [1.54, 1.807) is 19.1 Å². The minimum atomic E-state index is -4.87. The molecule has 1 aromatic carbocycles. The highest BCUT2D eigenvalue weighted by atomic mass is 19.4. The Kier molecular flexibility index (Phi) is 11.3. The maximum Gasteiger partial charge on any atom is 0.573 e. The third-order valence-electron chi connectivity index (χ3n) is 5.92. The van der Waals surface area contributed by atoms with Crippen molar-refractivity contribution in [1.82, 2.24) is 4.98 Å². The zero-order valence-corrected chi connectivity index (χ0v) is 22.5. The Morgan fingerprint density at radius 1 is 1.00 bits per heavy atom. The zero-order chi connectivity index (χ0) is 29.1. The van der Waals surface area contributed by atoms with Crippen LogP contribution in [-0.4, -0.2) is 57.0 Å². The number of nitrogens with zero attached hydrogens (tertiary/aromatic N) is 1. The van der Waals surface area contributed by atoms with E-state index in [-0.39, 0.29) is 66.7 Å². The molecule has 0 radical (unpaired) electrons. The predicted molar refractivity (Wildman–Crippen MR) is 139 cm³/mol. The minimum Gasteiger partial charge on any atom is -0.475 e. The summed E-state index contributed by atoms with van der Waals surface area (Å²) in [6.07, 6.45) is -2.50. The van der Waals surface area contributed by atoms with E-state index in [9.17, 15) is 22.8 Å². The highest BCUT2D eigenvalue weighted by Crippen LogP contribution is 2.32. The second kappa shape index (κ2) is 14.7.